The molecule has 0 radical (unpaired) electrons. The molecule has 0 amide bonds. The lowest BCUT2D eigenvalue weighted by molar-refractivity contribution is -0.154. The molecule has 2 aliphatic rings. The normalized spacial score (nSPS) is 28.0. The van der Waals surface area contributed by atoms with Gasteiger partial charge in [0.1, 0.15) is 6.10 Å². The summed E-state index contributed by atoms with van der Waals surface area (Å²) in [5.41, 5.74) is 13.2. The third-order valence-corrected chi connectivity index (χ3v) is 6.73. The maximum absolute atomic E-state index is 13.0. The molecular formula is C25H50N4O2. The van der Waals surface area contributed by atoms with Gasteiger partial charge in [0.2, 0.25) is 0 Å². The first-order valence-corrected chi connectivity index (χ1v) is 13.5. The molecule has 2 saturated heterocycles. The predicted molar refractivity (Wildman–Crippen MR) is 128 cm³/mol. The van der Waals surface area contributed by atoms with E-state index in [0.29, 0.717) is 13.1 Å². The van der Waals surface area contributed by atoms with Crippen LogP contribution in [0.4, 0.5) is 0 Å². The molecule has 0 aromatic heterocycles. The van der Waals surface area contributed by atoms with Crippen LogP contribution >= 0.6 is 0 Å². The zero-order valence-corrected chi connectivity index (χ0v) is 20.0. The SMILES string of the molecule is O=C(OC1CCCCCCCCCCNNC1)C1CCCCCCCCCCNNC1. The summed E-state index contributed by atoms with van der Waals surface area (Å²) in [6.45, 7) is 3.32. The molecular weight excluding hydrogens is 388 g/mol. The molecule has 6 heteroatoms. The molecule has 0 bridgehead atoms. The van der Waals surface area contributed by atoms with E-state index in [-0.39, 0.29) is 18.0 Å². The van der Waals surface area contributed by atoms with Crippen molar-refractivity contribution < 1.29 is 9.53 Å². The minimum absolute atomic E-state index is 0.0192. The van der Waals surface area contributed by atoms with Crippen LogP contribution in [0.1, 0.15) is 116 Å². The van der Waals surface area contributed by atoms with Crippen molar-refractivity contribution in [3.63, 3.8) is 0 Å². The van der Waals surface area contributed by atoms with Crippen molar-refractivity contribution in [2.24, 2.45) is 5.92 Å². The third kappa shape index (κ3) is 14.1. The van der Waals surface area contributed by atoms with E-state index < -0.39 is 0 Å². The highest BCUT2D eigenvalue weighted by Crippen LogP contribution is 2.17. The van der Waals surface area contributed by atoms with Gasteiger partial charge in [-0.3, -0.25) is 26.5 Å². The van der Waals surface area contributed by atoms with Gasteiger partial charge in [-0.1, -0.05) is 83.5 Å². The number of hydrazine groups is 2. The number of hydrogen-bond acceptors (Lipinski definition) is 6. The Kier molecular flexibility index (Phi) is 16.1. The van der Waals surface area contributed by atoms with Crippen molar-refractivity contribution in [2.45, 2.75) is 122 Å². The molecule has 2 aliphatic heterocycles. The average Bonchev–Trinajstić information content (AvgIpc) is 2.77. The molecule has 0 aliphatic carbocycles. The molecule has 0 aromatic carbocycles. The van der Waals surface area contributed by atoms with Gasteiger partial charge in [-0.15, -0.1) is 0 Å². The van der Waals surface area contributed by atoms with Crippen molar-refractivity contribution in [2.75, 3.05) is 26.2 Å². The summed E-state index contributed by atoms with van der Waals surface area (Å²) in [7, 11) is 0. The summed E-state index contributed by atoms with van der Waals surface area (Å²) in [6, 6.07) is 0. The molecule has 4 N–H and O–H groups in total. The van der Waals surface area contributed by atoms with Gasteiger partial charge in [-0.05, 0) is 32.1 Å². The topological polar surface area (TPSA) is 74.4 Å². The van der Waals surface area contributed by atoms with E-state index in [2.05, 4.69) is 21.7 Å². The number of carbonyl (C=O) groups excluding carboxylic acids is 1. The second-order valence-electron chi connectivity index (χ2n) is 9.61. The fraction of sp³-hybridized carbons (Fsp3) is 0.960. The van der Waals surface area contributed by atoms with E-state index in [1.54, 1.807) is 0 Å². The van der Waals surface area contributed by atoms with Gasteiger partial charge in [-0.25, -0.2) is 0 Å². The minimum atomic E-state index is -0.0588. The summed E-state index contributed by atoms with van der Waals surface area (Å²) in [5, 5.41) is 0. The van der Waals surface area contributed by atoms with Crippen LogP contribution in [0.15, 0.2) is 0 Å². The van der Waals surface area contributed by atoms with Crippen molar-refractivity contribution >= 4 is 5.97 Å². The number of ether oxygens (including phenoxy) is 1. The smallest absolute Gasteiger partial charge is 0.310 e. The second-order valence-corrected chi connectivity index (χ2v) is 9.61. The van der Waals surface area contributed by atoms with Crippen LogP contribution in [0.5, 0.6) is 0 Å². The Morgan fingerprint density at radius 1 is 0.516 bits per heavy atom. The monoisotopic (exact) mass is 438 g/mol. The van der Waals surface area contributed by atoms with Crippen LogP contribution in [0.2, 0.25) is 0 Å². The van der Waals surface area contributed by atoms with Crippen molar-refractivity contribution in [3.05, 3.63) is 0 Å². The third-order valence-electron chi connectivity index (χ3n) is 6.73. The molecule has 2 rings (SSSR count). The molecule has 2 fully saturated rings. The highest BCUT2D eigenvalue weighted by Gasteiger charge is 2.23. The van der Waals surface area contributed by atoms with E-state index in [1.165, 1.54) is 89.9 Å². The van der Waals surface area contributed by atoms with Gasteiger partial charge >= 0.3 is 5.97 Å². The van der Waals surface area contributed by atoms with Gasteiger partial charge in [0.05, 0.1) is 5.92 Å². The number of rotatable bonds is 2. The summed E-state index contributed by atoms with van der Waals surface area (Å²) in [4.78, 5) is 13.0. The van der Waals surface area contributed by atoms with Gasteiger partial charge in [-0.2, -0.15) is 0 Å². The van der Waals surface area contributed by atoms with Gasteiger partial charge in [0.25, 0.3) is 0 Å². The van der Waals surface area contributed by atoms with Crippen LogP contribution in [0, 0.1) is 5.92 Å². The first-order valence-electron chi connectivity index (χ1n) is 13.5. The molecule has 31 heavy (non-hydrogen) atoms. The summed E-state index contributed by atoms with van der Waals surface area (Å²) < 4.78 is 6.05. The maximum Gasteiger partial charge on any atom is 0.310 e. The molecule has 2 heterocycles. The molecule has 0 saturated carbocycles. The lowest BCUT2D eigenvalue weighted by atomic mass is 9.99. The van der Waals surface area contributed by atoms with Crippen LogP contribution in [-0.2, 0) is 9.53 Å². The van der Waals surface area contributed by atoms with Gasteiger partial charge in [0, 0.05) is 26.2 Å². The lowest BCUT2D eigenvalue weighted by Crippen LogP contribution is -2.43. The van der Waals surface area contributed by atoms with Gasteiger partial charge in [0.15, 0.2) is 0 Å². The number of carbonyl (C=O) groups is 1. The lowest BCUT2D eigenvalue weighted by Gasteiger charge is -2.23. The summed E-state index contributed by atoms with van der Waals surface area (Å²) in [5.74, 6) is -0.0780. The molecule has 2 atom stereocenters. The summed E-state index contributed by atoms with van der Waals surface area (Å²) in [6.07, 6.45) is 22.3. The predicted octanol–water partition coefficient (Wildman–Crippen LogP) is 4.75. The number of hydrogen-bond donors (Lipinski definition) is 4. The molecule has 0 aromatic rings. The first kappa shape index (κ1) is 26.6. The highest BCUT2D eigenvalue weighted by atomic mass is 16.5. The van der Waals surface area contributed by atoms with Crippen molar-refractivity contribution in [3.8, 4) is 0 Å². The van der Waals surface area contributed by atoms with Crippen LogP contribution in [0.25, 0.3) is 0 Å². The summed E-state index contributed by atoms with van der Waals surface area (Å²) >= 11 is 0. The Morgan fingerprint density at radius 2 is 0.968 bits per heavy atom. The largest absolute Gasteiger partial charge is 0.461 e. The molecule has 182 valence electrons. The standard InChI is InChI=1S/C25H50N4O2/c30-25(23-17-13-9-5-1-3-7-11-15-19-26-28-21-23)31-24-18-14-10-6-2-4-8-12-16-20-27-29-22-24/h23-24,26-29H,1-22H2. The van der Waals surface area contributed by atoms with E-state index in [4.69, 9.17) is 4.74 Å². The second kappa shape index (κ2) is 18.8. The fourth-order valence-electron chi connectivity index (χ4n) is 4.64. The van der Waals surface area contributed by atoms with Crippen molar-refractivity contribution in [1.82, 2.24) is 21.7 Å². The number of nitrogens with one attached hydrogen (secondary N) is 4. The van der Waals surface area contributed by atoms with Crippen LogP contribution < -0.4 is 21.7 Å². The van der Waals surface area contributed by atoms with Crippen LogP contribution in [-0.4, -0.2) is 38.3 Å². The Morgan fingerprint density at radius 3 is 1.55 bits per heavy atom. The van der Waals surface area contributed by atoms with Gasteiger partial charge < -0.3 is 4.74 Å². The average molecular weight is 439 g/mol. The zero-order valence-electron chi connectivity index (χ0n) is 20.0. The molecule has 2 unspecified atom stereocenters. The van der Waals surface area contributed by atoms with Crippen LogP contribution in [0.3, 0.4) is 0 Å². The van der Waals surface area contributed by atoms with E-state index in [1.807, 2.05) is 0 Å². The first-order chi connectivity index (χ1) is 15.4. The molecule has 6 nitrogen and oxygen atoms in total. The quantitative estimate of drug-likeness (QED) is 0.466. The Hall–Kier alpha value is -0.690. The maximum atomic E-state index is 13.0. The Labute approximate surface area is 191 Å². The van der Waals surface area contributed by atoms with Crippen molar-refractivity contribution in [1.29, 1.82) is 0 Å². The Balaban J connectivity index is 1.80. The molecule has 0 spiro atoms. The van der Waals surface area contributed by atoms with E-state index >= 15 is 0 Å². The highest BCUT2D eigenvalue weighted by molar-refractivity contribution is 5.72. The number of esters is 1. The zero-order chi connectivity index (χ0) is 21.8. The van der Waals surface area contributed by atoms with E-state index in [0.717, 1.165) is 38.8 Å². The Bertz CT molecular complexity index is 408. The fourth-order valence-corrected chi connectivity index (χ4v) is 4.64. The minimum Gasteiger partial charge on any atom is -0.461 e. The van der Waals surface area contributed by atoms with E-state index in [9.17, 15) is 4.79 Å².